The molecule has 0 amide bonds. The first-order valence-electron chi connectivity index (χ1n) is 9.15. The Morgan fingerprint density at radius 2 is 1.92 bits per heavy atom. The van der Waals surface area contributed by atoms with Crippen molar-refractivity contribution in [2.24, 2.45) is 4.99 Å². The van der Waals surface area contributed by atoms with E-state index >= 15 is 0 Å². The lowest BCUT2D eigenvalue weighted by molar-refractivity contribution is 0.290. The van der Waals surface area contributed by atoms with E-state index in [0.29, 0.717) is 12.6 Å². The fraction of sp³-hybridized carbons (Fsp3) is 0.500. The highest BCUT2D eigenvalue weighted by Gasteiger charge is 2.13. The molecule has 0 fully saturated rings. The van der Waals surface area contributed by atoms with Crippen LogP contribution in [-0.4, -0.2) is 49.1 Å². The first kappa shape index (κ1) is 20.4. The van der Waals surface area contributed by atoms with Gasteiger partial charge in [0, 0.05) is 24.0 Å². The van der Waals surface area contributed by atoms with Gasteiger partial charge < -0.3 is 15.5 Å². The van der Waals surface area contributed by atoms with Gasteiger partial charge in [-0.25, -0.2) is 9.98 Å². The first-order valence-corrected chi connectivity index (χ1v) is 9.96. The molecule has 0 radical (unpaired) electrons. The quantitative estimate of drug-likeness (QED) is 0.552. The highest BCUT2D eigenvalue weighted by molar-refractivity contribution is 7.11. The molecule has 0 saturated carbocycles. The molecular weight excluding hydrogens is 342 g/mol. The maximum Gasteiger partial charge on any atom is 0.191 e. The van der Waals surface area contributed by atoms with E-state index < -0.39 is 0 Å². The number of guanidine groups is 1. The molecular formula is C20H31N5S. The van der Waals surface area contributed by atoms with Crippen molar-refractivity contribution in [3.05, 3.63) is 51.5 Å². The summed E-state index contributed by atoms with van der Waals surface area (Å²) in [6.45, 7) is 8.53. The highest BCUT2D eigenvalue weighted by Crippen LogP contribution is 2.17. The number of hydrogen-bond donors (Lipinski definition) is 2. The lowest BCUT2D eigenvalue weighted by Crippen LogP contribution is -2.46. The standard InChI is InChI=1S/C20H31N5S/c1-6-21-20(23-14-19-15(2)24-16(3)26-19)22-13-18(25(4)5)12-17-10-8-7-9-11-17/h7-11,18H,6,12-14H2,1-5H3,(H2,21,22,23). The van der Waals surface area contributed by atoms with Crippen LogP contribution in [0.3, 0.4) is 0 Å². The van der Waals surface area contributed by atoms with Crippen LogP contribution in [0.4, 0.5) is 0 Å². The van der Waals surface area contributed by atoms with Gasteiger partial charge in [0.05, 0.1) is 17.2 Å². The molecule has 6 heteroatoms. The summed E-state index contributed by atoms with van der Waals surface area (Å²) < 4.78 is 0. The monoisotopic (exact) mass is 373 g/mol. The van der Waals surface area contributed by atoms with Crippen molar-refractivity contribution in [2.45, 2.75) is 39.8 Å². The van der Waals surface area contributed by atoms with Gasteiger partial charge in [-0.15, -0.1) is 11.3 Å². The molecule has 0 aliphatic carbocycles. The Balaban J connectivity index is 1.98. The molecule has 2 aromatic rings. The number of nitrogens with zero attached hydrogens (tertiary/aromatic N) is 3. The molecule has 2 rings (SSSR count). The van der Waals surface area contributed by atoms with Gasteiger partial charge in [-0.1, -0.05) is 30.3 Å². The Morgan fingerprint density at radius 3 is 2.50 bits per heavy atom. The third-order valence-corrected chi connectivity index (χ3v) is 5.33. The van der Waals surface area contributed by atoms with Crippen LogP contribution in [0.15, 0.2) is 35.3 Å². The lowest BCUT2D eigenvalue weighted by Gasteiger charge is -2.25. The number of thiazole rings is 1. The zero-order valence-electron chi connectivity index (χ0n) is 16.5. The van der Waals surface area contributed by atoms with E-state index in [9.17, 15) is 0 Å². The van der Waals surface area contributed by atoms with Gasteiger partial charge in [-0.05, 0) is 46.9 Å². The third kappa shape index (κ3) is 6.42. The number of rotatable bonds is 8. The fourth-order valence-electron chi connectivity index (χ4n) is 2.75. The molecule has 0 saturated heterocycles. The number of nitrogens with one attached hydrogen (secondary N) is 2. The molecule has 1 unspecified atom stereocenters. The Bertz CT molecular complexity index is 693. The van der Waals surface area contributed by atoms with Crippen molar-refractivity contribution >= 4 is 17.3 Å². The minimum Gasteiger partial charge on any atom is -0.357 e. The molecule has 2 N–H and O–H groups in total. The average molecular weight is 374 g/mol. The molecule has 0 spiro atoms. The topological polar surface area (TPSA) is 52.6 Å². The van der Waals surface area contributed by atoms with Crippen LogP contribution in [0.2, 0.25) is 0 Å². The largest absolute Gasteiger partial charge is 0.357 e. The van der Waals surface area contributed by atoms with Gasteiger partial charge in [0.15, 0.2) is 5.96 Å². The van der Waals surface area contributed by atoms with Crippen molar-refractivity contribution in [3.63, 3.8) is 0 Å². The van der Waals surface area contributed by atoms with Crippen LogP contribution >= 0.6 is 11.3 Å². The molecule has 26 heavy (non-hydrogen) atoms. The normalized spacial score (nSPS) is 13.1. The van der Waals surface area contributed by atoms with Crippen LogP contribution in [0.1, 0.15) is 28.1 Å². The van der Waals surface area contributed by atoms with E-state index in [4.69, 9.17) is 4.99 Å². The number of aryl methyl sites for hydroxylation is 2. The summed E-state index contributed by atoms with van der Waals surface area (Å²) in [5.74, 6) is 0.859. The van der Waals surface area contributed by atoms with E-state index in [1.807, 2.05) is 6.92 Å². The van der Waals surface area contributed by atoms with Gasteiger partial charge in [0.2, 0.25) is 0 Å². The smallest absolute Gasteiger partial charge is 0.191 e. The predicted molar refractivity (Wildman–Crippen MR) is 112 cm³/mol. The van der Waals surface area contributed by atoms with E-state index in [-0.39, 0.29) is 0 Å². The second-order valence-corrected chi connectivity index (χ2v) is 7.91. The molecule has 1 atom stereocenters. The molecule has 1 heterocycles. The average Bonchev–Trinajstić information content (AvgIpc) is 2.94. The van der Waals surface area contributed by atoms with Gasteiger partial charge in [-0.3, -0.25) is 0 Å². The van der Waals surface area contributed by atoms with Gasteiger partial charge in [0.1, 0.15) is 0 Å². The maximum atomic E-state index is 4.74. The molecule has 1 aromatic carbocycles. The number of aliphatic imine (C=N–C) groups is 1. The van der Waals surface area contributed by atoms with Crippen LogP contribution in [0.5, 0.6) is 0 Å². The van der Waals surface area contributed by atoms with Crippen molar-refractivity contribution in [2.75, 3.05) is 27.2 Å². The summed E-state index contributed by atoms with van der Waals surface area (Å²) >= 11 is 1.72. The number of benzene rings is 1. The molecule has 1 aromatic heterocycles. The SMILES string of the molecule is CCNC(=NCc1sc(C)nc1C)NCC(Cc1ccccc1)N(C)C. The fourth-order valence-corrected chi connectivity index (χ4v) is 3.61. The van der Waals surface area contributed by atoms with Gasteiger partial charge >= 0.3 is 0 Å². The summed E-state index contributed by atoms with van der Waals surface area (Å²) in [6.07, 6.45) is 1.01. The van der Waals surface area contributed by atoms with Crippen molar-refractivity contribution in [3.8, 4) is 0 Å². The minimum atomic E-state index is 0.397. The third-order valence-electron chi connectivity index (χ3n) is 4.27. The number of aromatic nitrogens is 1. The van der Waals surface area contributed by atoms with Crippen LogP contribution in [0.25, 0.3) is 0 Å². The lowest BCUT2D eigenvalue weighted by atomic mass is 10.1. The van der Waals surface area contributed by atoms with E-state index in [1.54, 1.807) is 11.3 Å². The zero-order chi connectivity index (χ0) is 18.9. The van der Waals surface area contributed by atoms with Gasteiger partial charge in [-0.2, -0.15) is 0 Å². The Labute approximate surface area is 161 Å². The second kappa shape index (κ2) is 10.3. The Hall–Kier alpha value is -1.92. The zero-order valence-corrected chi connectivity index (χ0v) is 17.4. The van der Waals surface area contributed by atoms with Gasteiger partial charge in [0.25, 0.3) is 0 Å². The van der Waals surface area contributed by atoms with Crippen LogP contribution < -0.4 is 10.6 Å². The minimum absolute atomic E-state index is 0.397. The maximum absolute atomic E-state index is 4.74. The molecule has 5 nitrogen and oxygen atoms in total. The van der Waals surface area contributed by atoms with Crippen molar-refractivity contribution in [1.82, 2.24) is 20.5 Å². The molecule has 142 valence electrons. The molecule has 0 aliphatic heterocycles. The van der Waals surface area contributed by atoms with Crippen molar-refractivity contribution < 1.29 is 0 Å². The Morgan fingerprint density at radius 1 is 1.19 bits per heavy atom. The van der Waals surface area contributed by atoms with E-state index in [0.717, 1.165) is 36.2 Å². The second-order valence-electron chi connectivity index (χ2n) is 6.62. The highest BCUT2D eigenvalue weighted by atomic mass is 32.1. The van der Waals surface area contributed by atoms with Crippen LogP contribution in [-0.2, 0) is 13.0 Å². The van der Waals surface area contributed by atoms with Crippen molar-refractivity contribution in [1.29, 1.82) is 0 Å². The molecule has 0 bridgehead atoms. The summed E-state index contributed by atoms with van der Waals surface area (Å²) in [6, 6.07) is 11.0. The summed E-state index contributed by atoms with van der Waals surface area (Å²) in [4.78, 5) is 12.7. The van der Waals surface area contributed by atoms with E-state index in [1.165, 1.54) is 10.4 Å². The first-order chi connectivity index (χ1) is 12.5. The molecule has 0 aliphatic rings. The summed E-state index contributed by atoms with van der Waals surface area (Å²) in [7, 11) is 4.26. The summed E-state index contributed by atoms with van der Waals surface area (Å²) in [5.41, 5.74) is 2.44. The predicted octanol–water partition coefficient (Wildman–Crippen LogP) is 2.99. The Kier molecular flexibility index (Phi) is 8.06. The number of hydrogen-bond acceptors (Lipinski definition) is 4. The summed E-state index contributed by atoms with van der Waals surface area (Å²) in [5, 5.41) is 7.94. The van der Waals surface area contributed by atoms with Crippen LogP contribution in [0, 0.1) is 13.8 Å². The number of likely N-dealkylation sites (N-methyl/N-ethyl adjacent to an activating group) is 1. The van der Waals surface area contributed by atoms with E-state index in [2.05, 4.69) is 78.8 Å².